The number of Topliss-reactive ketones (excluding diaryl/α,β-unsaturated/α-hetero) is 1. The summed E-state index contributed by atoms with van der Waals surface area (Å²) in [7, 11) is 0. The van der Waals surface area contributed by atoms with Crippen molar-refractivity contribution in [3.63, 3.8) is 0 Å². The van der Waals surface area contributed by atoms with Gasteiger partial charge in [0.05, 0.1) is 0 Å². The van der Waals surface area contributed by atoms with Gasteiger partial charge in [-0.05, 0) is 6.42 Å². The molecule has 1 aliphatic heterocycles. The monoisotopic (exact) mass is 349 g/mol. The van der Waals surface area contributed by atoms with Crippen LogP contribution < -0.4 is 0 Å². The lowest BCUT2D eigenvalue weighted by molar-refractivity contribution is -0.811. The molecule has 8 nitrogen and oxygen atoms in total. The van der Waals surface area contributed by atoms with Crippen molar-refractivity contribution in [2.24, 2.45) is 0 Å². The van der Waals surface area contributed by atoms with Crippen LogP contribution in [-0.2, 0) is 0 Å². The molecule has 2 rings (SSSR count). The van der Waals surface area contributed by atoms with Crippen molar-refractivity contribution >= 4 is 5.78 Å². The van der Waals surface area contributed by atoms with Gasteiger partial charge in [-0.2, -0.15) is 0 Å². The van der Waals surface area contributed by atoms with Gasteiger partial charge in [-0.15, -0.1) is 0 Å². The molecule has 0 bridgehead atoms. The van der Waals surface area contributed by atoms with Crippen LogP contribution in [0.15, 0.2) is 30.3 Å². The van der Waals surface area contributed by atoms with Crippen LogP contribution in [0.3, 0.4) is 0 Å². The molecule has 1 saturated heterocycles. The fraction of sp³-hybridized carbons (Fsp3) is 0.588. The molecule has 1 atom stereocenters. The number of nitrogens with zero attached hydrogens (tertiary/aromatic N) is 3. The number of nitro groups is 2. The second kappa shape index (κ2) is 8.15. The number of carbonyl (C=O) groups excluding carboxylic acids is 1. The maximum atomic E-state index is 12.5. The molecular formula is C17H23N3O5. The van der Waals surface area contributed by atoms with Gasteiger partial charge in [0.1, 0.15) is 22.9 Å². The highest BCUT2D eigenvalue weighted by Crippen LogP contribution is 2.30. The first kappa shape index (κ1) is 19.0. The van der Waals surface area contributed by atoms with Crippen molar-refractivity contribution in [2.45, 2.75) is 50.7 Å². The van der Waals surface area contributed by atoms with E-state index in [1.165, 1.54) is 0 Å². The van der Waals surface area contributed by atoms with E-state index in [0.29, 0.717) is 12.0 Å². The van der Waals surface area contributed by atoms with Crippen molar-refractivity contribution in [1.29, 1.82) is 0 Å². The molecule has 0 N–H and O–H groups in total. The molecule has 1 aromatic rings. The standard InChI is InChI=1S/C17H23N3O5/c1-2-3-5-10-15(11-16(21)14-8-6-4-7-9-14)18-12-17(13-18,19(22)23)20(24)25/h4,6-9,15H,2-3,5,10-13H2,1H3/t15-/m1/s1. The molecule has 0 unspecified atom stereocenters. The minimum Gasteiger partial charge on any atom is -0.294 e. The van der Waals surface area contributed by atoms with Crippen molar-refractivity contribution in [1.82, 2.24) is 4.90 Å². The Morgan fingerprint density at radius 1 is 1.16 bits per heavy atom. The summed E-state index contributed by atoms with van der Waals surface area (Å²) in [6.45, 7) is 1.58. The summed E-state index contributed by atoms with van der Waals surface area (Å²) in [5, 5.41) is 22.2. The summed E-state index contributed by atoms with van der Waals surface area (Å²) in [6, 6.07) is 8.67. The van der Waals surface area contributed by atoms with Gasteiger partial charge < -0.3 is 0 Å². The molecule has 25 heavy (non-hydrogen) atoms. The third-order valence-corrected chi connectivity index (χ3v) is 4.77. The topological polar surface area (TPSA) is 107 Å². The summed E-state index contributed by atoms with van der Waals surface area (Å²) < 4.78 is 0. The molecule has 0 amide bonds. The number of hydrogen-bond acceptors (Lipinski definition) is 6. The smallest absolute Gasteiger partial charge is 0.294 e. The maximum Gasteiger partial charge on any atom is 0.482 e. The number of ketones is 1. The van der Waals surface area contributed by atoms with Crippen LogP contribution in [0.25, 0.3) is 0 Å². The van der Waals surface area contributed by atoms with E-state index in [-0.39, 0.29) is 31.3 Å². The Labute approximate surface area is 146 Å². The lowest BCUT2D eigenvalue weighted by Crippen LogP contribution is -2.72. The molecule has 1 aliphatic rings. The van der Waals surface area contributed by atoms with Crippen LogP contribution >= 0.6 is 0 Å². The summed E-state index contributed by atoms with van der Waals surface area (Å²) in [6.07, 6.45) is 3.84. The summed E-state index contributed by atoms with van der Waals surface area (Å²) in [5.74, 6) is -0.0400. The second-order valence-electron chi connectivity index (χ2n) is 6.54. The van der Waals surface area contributed by atoms with E-state index >= 15 is 0 Å². The highest BCUT2D eigenvalue weighted by atomic mass is 16.7. The van der Waals surface area contributed by atoms with Gasteiger partial charge >= 0.3 is 5.66 Å². The maximum absolute atomic E-state index is 12.5. The summed E-state index contributed by atoms with van der Waals surface area (Å²) in [5.41, 5.74) is -1.53. The van der Waals surface area contributed by atoms with Crippen LogP contribution in [0.1, 0.15) is 49.4 Å². The zero-order valence-electron chi connectivity index (χ0n) is 14.3. The van der Waals surface area contributed by atoms with E-state index in [9.17, 15) is 25.0 Å². The first-order chi connectivity index (χ1) is 11.9. The van der Waals surface area contributed by atoms with Gasteiger partial charge in [-0.1, -0.05) is 56.5 Å². The zero-order chi connectivity index (χ0) is 18.4. The van der Waals surface area contributed by atoms with Crippen molar-refractivity contribution in [3.8, 4) is 0 Å². The average Bonchev–Trinajstić information content (AvgIpc) is 2.53. The largest absolute Gasteiger partial charge is 0.482 e. The molecule has 0 aliphatic carbocycles. The third kappa shape index (κ3) is 4.19. The minimum absolute atomic E-state index is 0.0400. The number of carbonyl (C=O) groups is 1. The zero-order valence-corrected chi connectivity index (χ0v) is 14.3. The highest BCUT2D eigenvalue weighted by molar-refractivity contribution is 5.96. The van der Waals surface area contributed by atoms with Crippen LogP contribution in [0, 0.1) is 20.2 Å². The van der Waals surface area contributed by atoms with Crippen LogP contribution in [-0.4, -0.2) is 45.3 Å². The molecule has 1 aromatic carbocycles. The fourth-order valence-corrected chi connectivity index (χ4v) is 3.16. The van der Waals surface area contributed by atoms with Crippen molar-refractivity contribution < 1.29 is 14.6 Å². The lowest BCUT2D eigenvalue weighted by atomic mass is 9.92. The predicted molar refractivity (Wildman–Crippen MR) is 91.6 cm³/mol. The molecule has 8 heteroatoms. The molecule has 0 saturated carbocycles. The van der Waals surface area contributed by atoms with E-state index in [2.05, 4.69) is 6.92 Å². The van der Waals surface area contributed by atoms with Gasteiger partial charge in [0.15, 0.2) is 5.78 Å². The Morgan fingerprint density at radius 2 is 1.76 bits per heavy atom. The number of benzene rings is 1. The van der Waals surface area contributed by atoms with Gasteiger partial charge in [0.25, 0.3) is 0 Å². The second-order valence-corrected chi connectivity index (χ2v) is 6.54. The van der Waals surface area contributed by atoms with Crippen LogP contribution in [0.4, 0.5) is 0 Å². The first-order valence-corrected chi connectivity index (χ1v) is 8.52. The lowest BCUT2D eigenvalue weighted by Gasteiger charge is -2.41. The molecule has 1 heterocycles. The highest BCUT2D eigenvalue weighted by Gasteiger charge is 2.67. The van der Waals surface area contributed by atoms with E-state index in [4.69, 9.17) is 0 Å². The van der Waals surface area contributed by atoms with Gasteiger partial charge in [0.2, 0.25) is 0 Å². The predicted octanol–water partition coefficient (Wildman–Crippen LogP) is 2.77. The Hall–Kier alpha value is -2.35. The van der Waals surface area contributed by atoms with Crippen LogP contribution in [0.2, 0.25) is 0 Å². The molecular weight excluding hydrogens is 326 g/mol. The van der Waals surface area contributed by atoms with E-state index in [1.807, 2.05) is 6.07 Å². The molecule has 0 spiro atoms. The fourth-order valence-electron chi connectivity index (χ4n) is 3.16. The van der Waals surface area contributed by atoms with Gasteiger partial charge in [-0.3, -0.25) is 29.9 Å². The molecule has 0 aromatic heterocycles. The van der Waals surface area contributed by atoms with Crippen molar-refractivity contribution in [2.75, 3.05) is 13.1 Å². The average molecular weight is 349 g/mol. The normalized spacial score (nSPS) is 17.5. The van der Waals surface area contributed by atoms with Crippen molar-refractivity contribution in [3.05, 3.63) is 56.1 Å². The third-order valence-electron chi connectivity index (χ3n) is 4.77. The number of unbranched alkanes of at least 4 members (excludes halogenated alkanes) is 2. The minimum atomic E-state index is -2.13. The molecule has 136 valence electrons. The number of hydrogen-bond donors (Lipinski definition) is 0. The first-order valence-electron chi connectivity index (χ1n) is 8.52. The molecule has 1 fully saturated rings. The summed E-state index contributed by atoms with van der Waals surface area (Å²) >= 11 is 0. The number of rotatable bonds is 10. The van der Waals surface area contributed by atoms with Crippen LogP contribution in [0.5, 0.6) is 0 Å². The Bertz CT molecular complexity index is 612. The number of likely N-dealkylation sites (tertiary alicyclic amines) is 1. The Kier molecular flexibility index (Phi) is 6.19. The van der Waals surface area contributed by atoms with Gasteiger partial charge in [-0.25, -0.2) is 0 Å². The summed E-state index contributed by atoms with van der Waals surface area (Å²) in [4.78, 5) is 34.7. The molecule has 0 radical (unpaired) electrons. The quantitative estimate of drug-likeness (QED) is 0.211. The SMILES string of the molecule is CCCCC[C@H](CC(=O)c1ccccc1)N1CC([N+](=O)[O-])([N+](=O)[O-])C1. The van der Waals surface area contributed by atoms with E-state index in [0.717, 1.165) is 19.3 Å². The van der Waals surface area contributed by atoms with E-state index in [1.54, 1.807) is 29.2 Å². The Morgan fingerprint density at radius 3 is 2.28 bits per heavy atom. The Balaban J connectivity index is 2.05. The van der Waals surface area contributed by atoms with E-state index < -0.39 is 15.5 Å². The van der Waals surface area contributed by atoms with Gasteiger partial charge in [0, 0.05) is 18.0 Å².